The van der Waals surface area contributed by atoms with Gasteiger partial charge in [0.1, 0.15) is 10.7 Å². The third kappa shape index (κ3) is 4.61. The largest absolute Gasteiger partial charge is 0.443 e. The maximum absolute atomic E-state index is 12.9. The lowest BCUT2D eigenvalue weighted by molar-refractivity contribution is -0.384. The maximum atomic E-state index is 12.9. The van der Waals surface area contributed by atoms with Crippen molar-refractivity contribution >= 4 is 34.9 Å². The highest BCUT2D eigenvalue weighted by Crippen LogP contribution is 2.28. The van der Waals surface area contributed by atoms with E-state index < -0.39 is 22.9 Å². The molecule has 0 saturated heterocycles. The van der Waals surface area contributed by atoms with Crippen LogP contribution in [0.15, 0.2) is 66.9 Å². The van der Waals surface area contributed by atoms with Crippen LogP contribution in [0.3, 0.4) is 0 Å². The number of benzene rings is 2. The fourth-order valence-corrected chi connectivity index (χ4v) is 2.87. The molecule has 0 bridgehead atoms. The smallest absolute Gasteiger partial charge is 0.356 e. The van der Waals surface area contributed by atoms with E-state index in [0.29, 0.717) is 5.56 Å². The predicted octanol–water partition coefficient (Wildman–Crippen LogP) is 4.12. The molecule has 1 amide bonds. The summed E-state index contributed by atoms with van der Waals surface area (Å²) >= 11 is 5.80. The molecule has 3 rings (SSSR count). The number of halogens is 1. The Hall–Kier alpha value is -3.65. The molecule has 1 N–H and O–H groups in total. The Labute approximate surface area is 170 Å². The molecule has 29 heavy (non-hydrogen) atoms. The number of aryl methyl sites for hydroxylation is 1. The molecule has 1 aromatic heterocycles. The molecule has 0 aliphatic heterocycles. The van der Waals surface area contributed by atoms with E-state index in [1.165, 1.54) is 12.1 Å². The van der Waals surface area contributed by atoms with Crippen LogP contribution < -0.4 is 5.32 Å². The van der Waals surface area contributed by atoms with Crippen molar-refractivity contribution < 1.29 is 19.2 Å². The molecule has 0 saturated carbocycles. The lowest BCUT2D eigenvalue weighted by atomic mass is 10.1. The number of nitro groups is 1. The Bertz CT molecular complexity index is 1060. The summed E-state index contributed by atoms with van der Waals surface area (Å²) in [7, 11) is 1.68. The first-order valence-corrected chi connectivity index (χ1v) is 8.86. The third-order valence-corrected chi connectivity index (χ3v) is 4.45. The Morgan fingerprint density at radius 2 is 1.86 bits per heavy atom. The van der Waals surface area contributed by atoms with Gasteiger partial charge in [-0.05, 0) is 24.3 Å². The lowest BCUT2D eigenvalue weighted by Crippen LogP contribution is -2.26. The molecule has 0 aliphatic rings. The van der Waals surface area contributed by atoms with Gasteiger partial charge < -0.3 is 14.6 Å². The Morgan fingerprint density at radius 3 is 2.48 bits per heavy atom. The summed E-state index contributed by atoms with van der Waals surface area (Å²) < 4.78 is 7.04. The number of aromatic nitrogens is 1. The zero-order chi connectivity index (χ0) is 21.0. The summed E-state index contributed by atoms with van der Waals surface area (Å²) in [5.74, 6) is -1.33. The number of carbonyl (C=O) groups excluding carboxylic acids is 2. The van der Waals surface area contributed by atoms with E-state index in [9.17, 15) is 19.7 Å². The van der Waals surface area contributed by atoms with Gasteiger partial charge >= 0.3 is 5.97 Å². The summed E-state index contributed by atoms with van der Waals surface area (Å²) in [6.07, 6.45) is 0.425. The van der Waals surface area contributed by atoms with Crippen molar-refractivity contribution in [3.63, 3.8) is 0 Å². The van der Waals surface area contributed by atoms with Crippen LogP contribution in [-0.4, -0.2) is 21.4 Å². The molecule has 8 nitrogen and oxygen atoms in total. The molecule has 148 valence electrons. The fourth-order valence-electron chi connectivity index (χ4n) is 2.68. The molecule has 0 aliphatic carbocycles. The Kier molecular flexibility index (Phi) is 5.94. The van der Waals surface area contributed by atoms with Crippen LogP contribution in [0.2, 0.25) is 5.02 Å². The number of carbonyl (C=O) groups is 2. The first-order chi connectivity index (χ1) is 13.9. The van der Waals surface area contributed by atoms with E-state index >= 15 is 0 Å². The van der Waals surface area contributed by atoms with Gasteiger partial charge in [0.25, 0.3) is 11.6 Å². The molecule has 0 spiro atoms. The zero-order valence-electron chi connectivity index (χ0n) is 15.2. The molecule has 1 heterocycles. The van der Waals surface area contributed by atoms with Gasteiger partial charge in [-0.25, -0.2) is 4.79 Å². The maximum Gasteiger partial charge on any atom is 0.356 e. The Balaban J connectivity index is 1.87. The van der Waals surface area contributed by atoms with E-state index in [1.807, 2.05) is 0 Å². The molecule has 0 unspecified atom stereocenters. The van der Waals surface area contributed by atoms with Gasteiger partial charge in [-0.3, -0.25) is 14.9 Å². The Morgan fingerprint density at radius 1 is 1.14 bits per heavy atom. The highest BCUT2D eigenvalue weighted by molar-refractivity contribution is 6.32. The zero-order valence-corrected chi connectivity index (χ0v) is 16.0. The second-order valence-corrected chi connectivity index (χ2v) is 6.52. The molecular formula is C20H16ClN3O5. The van der Waals surface area contributed by atoms with Crippen molar-refractivity contribution in [3.05, 3.63) is 93.3 Å². The molecule has 0 radical (unpaired) electrons. The van der Waals surface area contributed by atoms with Gasteiger partial charge in [-0.15, -0.1) is 0 Å². The van der Waals surface area contributed by atoms with Crippen LogP contribution in [0, 0.1) is 10.1 Å². The van der Waals surface area contributed by atoms with Crippen LogP contribution >= 0.6 is 11.6 Å². The highest BCUT2D eigenvalue weighted by Gasteiger charge is 2.27. The summed E-state index contributed by atoms with van der Waals surface area (Å²) in [6, 6.07) is 15.6. The van der Waals surface area contributed by atoms with E-state index in [0.717, 1.165) is 6.07 Å². The van der Waals surface area contributed by atoms with E-state index in [4.69, 9.17) is 16.3 Å². The average molecular weight is 414 g/mol. The van der Waals surface area contributed by atoms with Crippen LogP contribution in [0.1, 0.15) is 22.2 Å². The number of amides is 1. The second kappa shape index (κ2) is 8.57. The standard InChI is InChI=1S/C20H16ClN3O5/c1-23-11-5-8-16(23)20(26)29-18(13-6-3-2-4-7-13)19(25)22-14-9-10-15(21)17(12-14)24(27)28/h2-12,18H,1H3,(H,22,25)/t18-/m1/s1. The number of rotatable bonds is 6. The van der Waals surface area contributed by atoms with E-state index in [1.54, 1.807) is 60.3 Å². The quantitative estimate of drug-likeness (QED) is 0.372. The van der Waals surface area contributed by atoms with Gasteiger partial charge in [0.2, 0.25) is 6.10 Å². The van der Waals surface area contributed by atoms with Gasteiger partial charge in [-0.2, -0.15) is 0 Å². The van der Waals surface area contributed by atoms with Crippen LogP contribution in [-0.2, 0) is 16.6 Å². The van der Waals surface area contributed by atoms with Crippen molar-refractivity contribution in [2.24, 2.45) is 7.05 Å². The third-order valence-electron chi connectivity index (χ3n) is 4.13. The topological polar surface area (TPSA) is 103 Å². The first-order valence-electron chi connectivity index (χ1n) is 8.49. The SMILES string of the molecule is Cn1cccc1C(=O)O[C@@H](C(=O)Nc1ccc(Cl)c([N+](=O)[O-])c1)c1ccccc1. The number of anilines is 1. The number of esters is 1. The van der Waals surface area contributed by atoms with Crippen molar-refractivity contribution in [2.75, 3.05) is 5.32 Å². The number of nitro benzene ring substituents is 1. The minimum absolute atomic E-state index is 0.0530. The van der Waals surface area contributed by atoms with Crippen molar-refractivity contribution in [1.29, 1.82) is 0 Å². The van der Waals surface area contributed by atoms with Gasteiger partial charge in [-0.1, -0.05) is 41.9 Å². The van der Waals surface area contributed by atoms with Gasteiger partial charge in [0.05, 0.1) is 4.92 Å². The number of hydrogen-bond acceptors (Lipinski definition) is 5. The van der Waals surface area contributed by atoms with Crippen molar-refractivity contribution in [2.45, 2.75) is 6.10 Å². The van der Waals surface area contributed by atoms with E-state index in [2.05, 4.69) is 5.32 Å². The number of nitrogens with one attached hydrogen (secondary N) is 1. The van der Waals surface area contributed by atoms with Gasteiger partial charge in [0.15, 0.2) is 0 Å². The predicted molar refractivity (Wildman–Crippen MR) is 107 cm³/mol. The highest BCUT2D eigenvalue weighted by atomic mass is 35.5. The molecular weight excluding hydrogens is 398 g/mol. The van der Waals surface area contributed by atoms with Crippen LogP contribution in [0.4, 0.5) is 11.4 Å². The van der Waals surface area contributed by atoms with E-state index in [-0.39, 0.29) is 22.1 Å². The summed E-state index contributed by atoms with van der Waals surface area (Å²) in [6.45, 7) is 0. The monoisotopic (exact) mass is 413 g/mol. The second-order valence-electron chi connectivity index (χ2n) is 6.11. The minimum atomic E-state index is -1.26. The number of ether oxygens (including phenoxy) is 1. The number of nitrogens with zero attached hydrogens (tertiary/aromatic N) is 2. The number of hydrogen-bond donors (Lipinski definition) is 1. The summed E-state index contributed by atoms with van der Waals surface area (Å²) in [4.78, 5) is 35.8. The van der Waals surface area contributed by atoms with Crippen molar-refractivity contribution in [1.82, 2.24) is 4.57 Å². The summed E-state index contributed by atoms with van der Waals surface area (Å²) in [5.41, 5.74) is 0.542. The lowest BCUT2D eigenvalue weighted by Gasteiger charge is -2.18. The van der Waals surface area contributed by atoms with Crippen molar-refractivity contribution in [3.8, 4) is 0 Å². The first kappa shape index (κ1) is 20.1. The van der Waals surface area contributed by atoms with Crippen LogP contribution in [0.25, 0.3) is 0 Å². The molecule has 2 aromatic carbocycles. The molecule has 3 aromatic rings. The molecule has 9 heteroatoms. The van der Waals surface area contributed by atoms with Crippen LogP contribution in [0.5, 0.6) is 0 Å². The van der Waals surface area contributed by atoms with Gasteiger partial charge in [0, 0.05) is 30.6 Å². The average Bonchev–Trinajstić information content (AvgIpc) is 3.13. The fraction of sp³-hybridized carbons (Fsp3) is 0.100. The normalized spacial score (nSPS) is 11.5. The minimum Gasteiger partial charge on any atom is -0.443 e. The summed E-state index contributed by atoms with van der Waals surface area (Å²) in [5, 5.41) is 13.5. The molecule has 0 fully saturated rings. The molecule has 1 atom stereocenters.